The maximum Gasteiger partial charge on any atom is 0.258 e. The number of aryl methyl sites for hydroxylation is 2. The van der Waals surface area contributed by atoms with Crippen LogP contribution in [0.3, 0.4) is 0 Å². The summed E-state index contributed by atoms with van der Waals surface area (Å²) >= 11 is 4.91. The van der Waals surface area contributed by atoms with Crippen LogP contribution in [0.25, 0.3) is 0 Å². The molecule has 4 nitrogen and oxygen atoms in total. The number of fused-ring (bicyclic) bond motifs is 1. The molecule has 2 N–H and O–H groups in total. The van der Waals surface area contributed by atoms with Gasteiger partial charge in [-0.25, -0.2) is 0 Å². The monoisotopic (exact) mass is 468 g/mol. The lowest BCUT2D eigenvalue weighted by atomic mass is 9.95. The molecule has 0 aliphatic heterocycles. The Morgan fingerprint density at radius 1 is 0.897 bits per heavy atom. The van der Waals surface area contributed by atoms with Gasteiger partial charge in [-0.2, -0.15) is 0 Å². The number of amides is 2. The number of carbonyl (C=O) groups is 2. The fraction of sp³-hybridized carbons (Fsp3) is 0.217. The second-order valence-electron chi connectivity index (χ2n) is 7.20. The molecule has 0 fully saturated rings. The molecule has 3 aromatic rings. The van der Waals surface area contributed by atoms with Gasteiger partial charge in [0.15, 0.2) is 0 Å². The van der Waals surface area contributed by atoms with Gasteiger partial charge >= 0.3 is 0 Å². The highest BCUT2D eigenvalue weighted by atomic mass is 79.9. The first-order valence-electron chi connectivity index (χ1n) is 9.61. The minimum Gasteiger partial charge on any atom is -0.322 e. The second kappa shape index (κ2) is 8.51. The van der Waals surface area contributed by atoms with Gasteiger partial charge in [-0.1, -0.05) is 33.6 Å². The van der Waals surface area contributed by atoms with Gasteiger partial charge in [-0.05, 0) is 74.6 Å². The molecule has 2 aromatic carbocycles. The Balaban J connectivity index is 1.64. The Labute approximate surface area is 182 Å². The van der Waals surface area contributed by atoms with Crippen LogP contribution in [0, 0.1) is 6.92 Å². The molecule has 0 bridgehead atoms. The third-order valence-electron chi connectivity index (χ3n) is 5.04. The summed E-state index contributed by atoms with van der Waals surface area (Å²) in [5, 5.41) is 6.61. The van der Waals surface area contributed by atoms with Crippen molar-refractivity contribution in [3.8, 4) is 0 Å². The summed E-state index contributed by atoms with van der Waals surface area (Å²) in [5.41, 5.74) is 4.14. The highest BCUT2D eigenvalue weighted by molar-refractivity contribution is 9.10. The van der Waals surface area contributed by atoms with Crippen molar-refractivity contribution in [3.05, 3.63) is 80.1 Å². The molecular formula is C23H21BrN2O2S. The number of halogens is 1. The van der Waals surface area contributed by atoms with Crippen molar-refractivity contribution in [1.29, 1.82) is 0 Å². The third-order valence-corrected chi connectivity index (χ3v) is 6.78. The summed E-state index contributed by atoms with van der Waals surface area (Å²) in [6.07, 6.45) is 4.01. The maximum atomic E-state index is 13.2. The molecule has 1 aliphatic rings. The Bertz CT molecular complexity index is 1060. The van der Waals surface area contributed by atoms with Crippen LogP contribution < -0.4 is 10.6 Å². The van der Waals surface area contributed by atoms with Crippen molar-refractivity contribution in [2.24, 2.45) is 0 Å². The molecule has 1 aromatic heterocycles. The van der Waals surface area contributed by atoms with Crippen LogP contribution in [-0.2, 0) is 12.8 Å². The predicted molar refractivity (Wildman–Crippen MR) is 122 cm³/mol. The number of nitrogens with one attached hydrogen (secondary N) is 2. The van der Waals surface area contributed by atoms with Crippen molar-refractivity contribution in [3.63, 3.8) is 0 Å². The molecular weight excluding hydrogens is 448 g/mol. The van der Waals surface area contributed by atoms with E-state index in [1.54, 1.807) is 12.1 Å². The number of hydrogen-bond donors (Lipinski definition) is 2. The maximum absolute atomic E-state index is 13.2. The molecule has 29 heavy (non-hydrogen) atoms. The Morgan fingerprint density at radius 3 is 2.31 bits per heavy atom. The molecule has 148 valence electrons. The number of rotatable bonds is 4. The van der Waals surface area contributed by atoms with Gasteiger partial charge in [0, 0.05) is 20.6 Å². The molecule has 0 unspecified atom stereocenters. The summed E-state index contributed by atoms with van der Waals surface area (Å²) < 4.78 is 0.916. The highest BCUT2D eigenvalue weighted by Crippen LogP contribution is 2.38. The van der Waals surface area contributed by atoms with E-state index < -0.39 is 0 Å². The zero-order valence-electron chi connectivity index (χ0n) is 16.0. The molecule has 1 aliphatic carbocycles. The summed E-state index contributed by atoms with van der Waals surface area (Å²) in [5.74, 6) is -0.375. The van der Waals surface area contributed by atoms with E-state index in [2.05, 4.69) is 26.6 Å². The van der Waals surface area contributed by atoms with Gasteiger partial charge in [-0.15, -0.1) is 11.3 Å². The SMILES string of the molecule is Cc1ccc(NC(=O)c2c(NC(=O)c3ccc(Br)cc3)sc3c2CCCC3)cc1. The quantitative estimate of drug-likeness (QED) is 0.478. The van der Waals surface area contributed by atoms with Crippen molar-refractivity contribution in [2.45, 2.75) is 32.6 Å². The molecule has 6 heteroatoms. The summed E-state index contributed by atoms with van der Waals surface area (Å²) in [6.45, 7) is 2.01. The van der Waals surface area contributed by atoms with Crippen LogP contribution >= 0.6 is 27.3 Å². The van der Waals surface area contributed by atoms with Crippen LogP contribution in [0.1, 0.15) is 49.6 Å². The van der Waals surface area contributed by atoms with E-state index >= 15 is 0 Å². The number of carbonyl (C=O) groups excluding carboxylic acids is 2. The van der Waals surface area contributed by atoms with Crippen LogP contribution in [0.2, 0.25) is 0 Å². The number of anilines is 2. The van der Waals surface area contributed by atoms with E-state index in [1.165, 1.54) is 16.2 Å². The van der Waals surface area contributed by atoms with Crippen molar-refractivity contribution >= 4 is 49.8 Å². The summed E-state index contributed by atoms with van der Waals surface area (Å²) in [6, 6.07) is 14.9. The Hall–Kier alpha value is -2.44. The number of hydrogen-bond acceptors (Lipinski definition) is 3. The van der Waals surface area contributed by atoms with Crippen LogP contribution in [-0.4, -0.2) is 11.8 Å². The highest BCUT2D eigenvalue weighted by Gasteiger charge is 2.26. The second-order valence-corrected chi connectivity index (χ2v) is 9.22. The predicted octanol–water partition coefficient (Wildman–Crippen LogP) is 6.20. The van der Waals surface area contributed by atoms with Crippen LogP contribution in [0.5, 0.6) is 0 Å². The number of benzene rings is 2. The molecule has 2 amide bonds. The fourth-order valence-corrected chi connectivity index (χ4v) is 5.05. The minimum absolute atomic E-state index is 0.167. The van der Waals surface area contributed by atoms with Crippen molar-refractivity contribution in [2.75, 3.05) is 10.6 Å². The average Bonchev–Trinajstić information content (AvgIpc) is 3.08. The summed E-state index contributed by atoms with van der Waals surface area (Å²) in [4.78, 5) is 27.1. The molecule has 4 rings (SSSR count). The fourth-order valence-electron chi connectivity index (χ4n) is 3.50. The Morgan fingerprint density at radius 2 is 1.59 bits per heavy atom. The summed E-state index contributed by atoms with van der Waals surface area (Å²) in [7, 11) is 0. The lowest BCUT2D eigenvalue weighted by Gasteiger charge is -2.13. The normalized spacial score (nSPS) is 12.9. The Kier molecular flexibility index (Phi) is 5.83. The smallest absolute Gasteiger partial charge is 0.258 e. The van der Waals surface area contributed by atoms with E-state index in [0.717, 1.165) is 47.0 Å². The first-order chi connectivity index (χ1) is 14.0. The van der Waals surface area contributed by atoms with Gasteiger partial charge < -0.3 is 10.6 Å². The minimum atomic E-state index is -0.208. The van der Waals surface area contributed by atoms with Gasteiger partial charge in [0.05, 0.1) is 5.56 Å². The molecule has 0 spiro atoms. The van der Waals surface area contributed by atoms with Gasteiger partial charge in [0.2, 0.25) is 0 Å². The van der Waals surface area contributed by atoms with E-state index in [1.807, 2.05) is 43.3 Å². The standard InChI is InChI=1S/C23H21BrN2O2S/c1-14-6-12-17(13-7-14)25-22(28)20-18-4-2-3-5-19(18)29-23(20)26-21(27)15-8-10-16(24)11-9-15/h6-13H,2-5H2,1H3,(H,25,28)(H,26,27). The zero-order valence-corrected chi connectivity index (χ0v) is 18.5. The third kappa shape index (κ3) is 4.43. The first-order valence-corrected chi connectivity index (χ1v) is 11.2. The topological polar surface area (TPSA) is 58.2 Å². The molecule has 0 saturated heterocycles. The van der Waals surface area contributed by atoms with E-state index in [-0.39, 0.29) is 11.8 Å². The van der Waals surface area contributed by atoms with Crippen molar-refractivity contribution < 1.29 is 9.59 Å². The van der Waals surface area contributed by atoms with Crippen molar-refractivity contribution in [1.82, 2.24) is 0 Å². The number of thiophene rings is 1. The van der Waals surface area contributed by atoms with Gasteiger partial charge in [0.25, 0.3) is 11.8 Å². The zero-order chi connectivity index (χ0) is 20.4. The molecule has 1 heterocycles. The van der Waals surface area contributed by atoms with Gasteiger partial charge in [0.1, 0.15) is 5.00 Å². The lowest BCUT2D eigenvalue weighted by molar-refractivity contribution is 0.102. The van der Waals surface area contributed by atoms with Gasteiger partial charge in [-0.3, -0.25) is 9.59 Å². The first kappa shape index (κ1) is 19.9. The largest absolute Gasteiger partial charge is 0.322 e. The molecule has 0 saturated carbocycles. The van der Waals surface area contributed by atoms with Crippen LogP contribution in [0.15, 0.2) is 53.0 Å². The molecule has 0 atom stereocenters. The average molecular weight is 469 g/mol. The van der Waals surface area contributed by atoms with Crippen LogP contribution in [0.4, 0.5) is 10.7 Å². The lowest BCUT2D eigenvalue weighted by Crippen LogP contribution is -2.18. The van der Waals surface area contributed by atoms with E-state index in [9.17, 15) is 9.59 Å². The van der Waals surface area contributed by atoms with E-state index in [4.69, 9.17) is 0 Å². The van der Waals surface area contributed by atoms with E-state index in [0.29, 0.717) is 16.1 Å². The molecule has 0 radical (unpaired) electrons.